The number of amides is 2. The van der Waals surface area contributed by atoms with Crippen LogP contribution in [0, 0.1) is 13.8 Å². The van der Waals surface area contributed by atoms with E-state index in [9.17, 15) is 9.59 Å². The number of fused-ring (bicyclic) bond motifs is 1. The summed E-state index contributed by atoms with van der Waals surface area (Å²) in [6, 6.07) is -0.141. The van der Waals surface area contributed by atoms with Gasteiger partial charge in [0.25, 0.3) is 5.91 Å². The third kappa shape index (κ3) is 4.15. The number of carbonyl (C=O) groups is 2. The molecule has 0 radical (unpaired) electrons. The molecule has 1 fully saturated rings. The molecule has 2 aromatic rings. The number of aromatic nitrogens is 3. The fourth-order valence-corrected chi connectivity index (χ4v) is 5.38. The summed E-state index contributed by atoms with van der Waals surface area (Å²) in [5.74, 6) is 1.65. The first-order chi connectivity index (χ1) is 14.8. The second-order valence-electron chi connectivity index (χ2n) is 8.57. The van der Waals surface area contributed by atoms with Crippen molar-refractivity contribution in [1.29, 1.82) is 0 Å². The molecule has 2 aliphatic rings. The smallest absolute Gasteiger partial charge is 0.266 e. The number of thiazole rings is 1. The van der Waals surface area contributed by atoms with Crippen molar-refractivity contribution in [2.24, 2.45) is 0 Å². The summed E-state index contributed by atoms with van der Waals surface area (Å²) in [6.07, 6.45) is 3.59. The molecule has 1 unspecified atom stereocenters. The average molecular weight is 443 g/mol. The van der Waals surface area contributed by atoms with Crippen molar-refractivity contribution in [2.45, 2.75) is 59.0 Å². The molecule has 4 rings (SSSR count). The molecular formula is C22H30N6O2S. The largest absolute Gasteiger partial charge is 0.362 e. The van der Waals surface area contributed by atoms with Crippen LogP contribution in [0.3, 0.4) is 0 Å². The van der Waals surface area contributed by atoms with Crippen molar-refractivity contribution in [3.63, 3.8) is 0 Å². The van der Waals surface area contributed by atoms with Crippen LogP contribution in [0.25, 0.3) is 0 Å². The average Bonchev–Trinajstić information content (AvgIpc) is 3.09. The van der Waals surface area contributed by atoms with Gasteiger partial charge in [0.1, 0.15) is 10.7 Å². The van der Waals surface area contributed by atoms with Crippen molar-refractivity contribution in [2.75, 3.05) is 32.1 Å². The normalized spacial score (nSPS) is 18.7. The van der Waals surface area contributed by atoms with Crippen LogP contribution in [-0.2, 0) is 17.8 Å². The van der Waals surface area contributed by atoms with Gasteiger partial charge in [-0.1, -0.05) is 0 Å². The van der Waals surface area contributed by atoms with E-state index in [2.05, 4.69) is 4.98 Å². The van der Waals surface area contributed by atoms with Gasteiger partial charge >= 0.3 is 0 Å². The van der Waals surface area contributed by atoms with Crippen LogP contribution in [0.2, 0.25) is 0 Å². The minimum atomic E-state index is -0.141. The first kappa shape index (κ1) is 21.7. The first-order valence-corrected chi connectivity index (χ1v) is 11.7. The van der Waals surface area contributed by atoms with E-state index in [1.165, 1.54) is 11.3 Å². The van der Waals surface area contributed by atoms with Crippen molar-refractivity contribution in [3.8, 4) is 0 Å². The Morgan fingerprint density at radius 2 is 1.87 bits per heavy atom. The van der Waals surface area contributed by atoms with Gasteiger partial charge in [-0.05, 0) is 33.1 Å². The van der Waals surface area contributed by atoms with Crippen LogP contribution >= 0.6 is 11.3 Å². The molecule has 8 nitrogen and oxygen atoms in total. The van der Waals surface area contributed by atoms with E-state index >= 15 is 0 Å². The number of aryl methyl sites for hydroxylation is 2. The van der Waals surface area contributed by atoms with Crippen LogP contribution < -0.4 is 4.90 Å². The minimum absolute atomic E-state index is 0.0308. The highest BCUT2D eigenvalue weighted by molar-refractivity contribution is 7.13. The monoisotopic (exact) mass is 442 g/mol. The van der Waals surface area contributed by atoms with Gasteiger partial charge in [0.2, 0.25) is 5.91 Å². The molecule has 1 atom stereocenters. The molecule has 0 bridgehead atoms. The Hall–Kier alpha value is -2.55. The molecule has 1 saturated heterocycles. The Kier molecular flexibility index (Phi) is 5.96. The molecular weight excluding hydrogens is 412 g/mol. The number of anilines is 1. The van der Waals surface area contributed by atoms with Crippen LogP contribution in [0.15, 0.2) is 0 Å². The first-order valence-electron chi connectivity index (χ1n) is 10.8. The molecule has 0 N–H and O–H groups in total. The molecule has 2 aliphatic heterocycles. The van der Waals surface area contributed by atoms with Crippen LogP contribution in [0.4, 0.5) is 5.82 Å². The third-order valence-electron chi connectivity index (χ3n) is 6.08. The summed E-state index contributed by atoms with van der Waals surface area (Å²) in [5.41, 5.74) is 2.80. The van der Waals surface area contributed by atoms with Crippen LogP contribution in [0.1, 0.15) is 69.7 Å². The Balaban J connectivity index is 1.72. The van der Waals surface area contributed by atoms with Gasteiger partial charge in [-0.3, -0.25) is 9.59 Å². The molecule has 2 amide bonds. The van der Waals surface area contributed by atoms with E-state index in [0.717, 1.165) is 47.0 Å². The molecule has 166 valence electrons. The zero-order chi connectivity index (χ0) is 22.3. The fraction of sp³-hybridized carbons (Fsp3) is 0.591. The Morgan fingerprint density at radius 1 is 1.10 bits per heavy atom. The maximum absolute atomic E-state index is 13.4. The van der Waals surface area contributed by atoms with Crippen LogP contribution in [-0.4, -0.2) is 63.8 Å². The molecule has 0 aromatic carbocycles. The Bertz CT molecular complexity index is 1020. The fourth-order valence-electron chi connectivity index (χ4n) is 4.51. The van der Waals surface area contributed by atoms with Crippen molar-refractivity contribution in [1.82, 2.24) is 24.8 Å². The SMILES string of the molecule is CC(=O)N1CCc2nc(C3CCCCN3C(=O)c3sc(C)nc3C)nc(N(C)C)c2C1. The van der Waals surface area contributed by atoms with Gasteiger partial charge in [-0.25, -0.2) is 15.0 Å². The lowest BCUT2D eigenvalue weighted by Gasteiger charge is -2.36. The number of hydrogen-bond donors (Lipinski definition) is 0. The number of piperidine rings is 1. The number of carbonyl (C=O) groups excluding carboxylic acids is 2. The van der Waals surface area contributed by atoms with E-state index in [4.69, 9.17) is 9.97 Å². The minimum Gasteiger partial charge on any atom is -0.362 e. The standard InChI is InChI=1S/C22H30N6O2S/c1-13-19(31-14(2)23-13)22(30)28-10-7-6-8-18(28)20-24-17-9-11-27(15(3)29)12-16(17)21(25-20)26(4)5/h18H,6-12H2,1-5H3. The van der Waals surface area contributed by atoms with Gasteiger partial charge in [-0.2, -0.15) is 0 Å². The second kappa shape index (κ2) is 8.53. The molecule has 0 aliphatic carbocycles. The summed E-state index contributed by atoms with van der Waals surface area (Å²) in [7, 11) is 3.93. The Morgan fingerprint density at radius 3 is 2.52 bits per heavy atom. The van der Waals surface area contributed by atoms with Crippen molar-refractivity contribution < 1.29 is 9.59 Å². The van der Waals surface area contributed by atoms with E-state index in [1.54, 1.807) is 6.92 Å². The van der Waals surface area contributed by atoms with Gasteiger partial charge in [0.05, 0.1) is 29.0 Å². The van der Waals surface area contributed by atoms with E-state index in [1.807, 2.05) is 42.6 Å². The zero-order valence-corrected chi connectivity index (χ0v) is 19.8. The lowest BCUT2D eigenvalue weighted by atomic mass is 9.99. The predicted octanol–water partition coefficient (Wildman–Crippen LogP) is 2.89. The van der Waals surface area contributed by atoms with E-state index in [0.29, 0.717) is 36.8 Å². The zero-order valence-electron chi connectivity index (χ0n) is 18.9. The van der Waals surface area contributed by atoms with Gasteiger partial charge in [0.15, 0.2) is 5.82 Å². The Labute approximate surface area is 187 Å². The van der Waals surface area contributed by atoms with Gasteiger partial charge < -0.3 is 14.7 Å². The molecule has 31 heavy (non-hydrogen) atoms. The molecule has 0 spiro atoms. The second-order valence-corrected chi connectivity index (χ2v) is 9.78. The highest BCUT2D eigenvalue weighted by atomic mass is 32.1. The topological polar surface area (TPSA) is 82.5 Å². The van der Waals surface area contributed by atoms with Gasteiger partial charge in [0, 0.05) is 46.1 Å². The number of rotatable bonds is 3. The van der Waals surface area contributed by atoms with Crippen LogP contribution in [0.5, 0.6) is 0 Å². The predicted molar refractivity (Wildman–Crippen MR) is 120 cm³/mol. The number of likely N-dealkylation sites (tertiary alicyclic amines) is 1. The molecule has 0 saturated carbocycles. The molecule has 4 heterocycles. The number of hydrogen-bond acceptors (Lipinski definition) is 7. The highest BCUT2D eigenvalue weighted by Crippen LogP contribution is 2.35. The maximum Gasteiger partial charge on any atom is 0.266 e. The maximum atomic E-state index is 13.4. The molecule has 9 heteroatoms. The quantitative estimate of drug-likeness (QED) is 0.727. The summed E-state index contributed by atoms with van der Waals surface area (Å²) in [5, 5.41) is 0.907. The lowest BCUT2D eigenvalue weighted by molar-refractivity contribution is -0.129. The van der Waals surface area contributed by atoms with E-state index in [-0.39, 0.29) is 17.9 Å². The summed E-state index contributed by atoms with van der Waals surface area (Å²) < 4.78 is 0. The van der Waals surface area contributed by atoms with Gasteiger partial charge in [-0.15, -0.1) is 11.3 Å². The lowest BCUT2D eigenvalue weighted by Crippen LogP contribution is -2.40. The van der Waals surface area contributed by atoms with Crippen molar-refractivity contribution >= 4 is 29.0 Å². The highest BCUT2D eigenvalue weighted by Gasteiger charge is 2.34. The third-order valence-corrected chi connectivity index (χ3v) is 7.14. The van der Waals surface area contributed by atoms with E-state index < -0.39 is 0 Å². The molecule has 2 aromatic heterocycles. The summed E-state index contributed by atoms with van der Waals surface area (Å²) in [6.45, 7) is 7.34. The summed E-state index contributed by atoms with van der Waals surface area (Å²) >= 11 is 1.46. The number of nitrogens with zero attached hydrogens (tertiary/aromatic N) is 6. The van der Waals surface area contributed by atoms with Crippen molar-refractivity contribution in [3.05, 3.63) is 32.7 Å². The summed E-state index contributed by atoms with van der Waals surface area (Å²) in [4.78, 5) is 46.1.